The van der Waals surface area contributed by atoms with Gasteiger partial charge in [-0.25, -0.2) is 0 Å². The number of hydrogen-bond acceptors (Lipinski definition) is 7. The van der Waals surface area contributed by atoms with Crippen LogP contribution >= 0.6 is 0 Å². The molecule has 196 valence electrons. The number of benzene rings is 3. The van der Waals surface area contributed by atoms with Gasteiger partial charge in [-0.2, -0.15) is 0 Å². The second kappa shape index (κ2) is 12.0. The molecule has 2 atom stereocenters. The molecule has 3 aromatic rings. The quantitative estimate of drug-likeness (QED) is 0.283. The number of rotatable bonds is 11. The molecule has 2 unspecified atom stereocenters. The van der Waals surface area contributed by atoms with E-state index in [4.69, 9.17) is 9.47 Å². The van der Waals surface area contributed by atoms with Crippen molar-refractivity contribution in [3.05, 3.63) is 76.9 Å². The van der Waals surface area contributed by atoms with Gasteiger partial charge in [0, 0.05) is 17.9 Å². The average Bonchev–Trinajstić information content (AvgIpc) is 2.92. The number of aromatic hydroxyl groups is 3. The number of methoxy groups -OCH3 is 1. The van der Waals surface area contributed by atoms with E-state index in [1.54, 1.807) is 12.1 Å². The van der Waals surface area contributed by atoms with Crippen molar-refractivity contribution in [2.45, 2.75) is 51.0 Å². The van der Waals surface area contributed by atoms with Crippen LogP contribution in [0.15, 0.2) is 54.6 Å². The van der Waals surface area contributed by atoms with Crippen LogP contribution in [0.3, 0.4) is 0 Å². The molecule has 0 bridgehead atoms. The Kier molecular flexibility index (Phi) is 8.56. The second-order valence-corrected chi connectivity index (χ2v) is 9.54. The number of carbonyl (C=O) groups excluding carboxylic acids is 1. The summed E-state index contributed by atoms with van der Waals surface area (Å²) in [7, 11) is 1.40. The Bertz CT molecular complexity index is 1220. The maximum atomic E-state index is 13.4. The van der Waals surface area contributed by atoms with Crippen molar-refractivity contribution >= 4 is 5.78 Å². The fraction of sp³-hybridized carbons (Fsp3) is 0.367. The predicted molar refractivity (Wildman–Crippen MR) is 140 cm³/mol. The van der Waals surface area contributed by atoms with E-state index in [-0.39, 0.29) is 35.2 Å². The second-order valence-electron chi connectivity index (χ2n) is 9.54. The Morgan fingerprint density at radius 2 is 1.78 bits per heavy atom. The molecule has 0 fully saturated rings. The minimum atomic E-state index is -0.857. The monoisotopic (exact) mass is 506 g/mol. The number of ketones is 1. The summed E-state index contributed by atoms with van der Waals surface area (Å²) in [5.74, 6) is -0.501. The number of phenols is 3. The molecule has 4 rings (SSSR count). The predicted octanol–water partition coefficient (Wildman–Crippen LogP) is 4.49. The van der Waals surface area contributed by atoms with Gasteiger partial charge in [0.2, 0.25) is 5.75 Å². The highest BCUT2D eigenvalue weighted by Crippen LogP contribution is 2.38. The van der Waals surface area contributed by atoms with Gasteiger partial charge in [-0.15, -0.1) is 0 Å². The minimum Gasteiger partial charge on any atom is -0.504 e. The number of hydrogen-bond donors (Lipinski definition) is 4. The molecule has 7 nitrogen and oxygen atoms in total. The smallest absolute Gasteiger partial charge is 0.200 e. The van der Waals surface area contributed by atoms with Crippen LogP contribution in [-0.2, 0) is 30.5 Å². The molecule has 1 aliphatic rings. The molecule has 0 spiro atoms. The lowest BCUT2D eigenvalue weighted by Gasteiger charge is -2.24. The zero-order chi connectivity index (χ0) is 26.4. The van der Waals surface area contributed by atoms with Gasteiger partial charge in [-0.1, -0.05) is 36.4 Å². The van der Waals surface area contributed by atoms with Crippen LogP contribution in [0.2, 0.25) is 0 Å². The van der Waals surface area contributed by atoms with E-state index in [2.05, 4.69) is 0 Å². The number of carbonyl (C=O) groups is 1. The molecule has 0 amide bonds. The van der Waals surface area contributed by atoms with Gasteiger partial charge < -0.3 is 29.9 Å². The van der Waals surface area contributed by atoms with E-state index < -0.39 is 12.0 Å². The third-order valence-corrected chi connectivity index (χ3v) is 7.03. The largest absolute Gasteiger partial charge is 0.504 e. The number of aliphatic hydroxyl groups excluding tert-OH is 1. The molecule has 0 saturated heterocycles. The third-order valence-electron chi connectivity index (χ3n) is 7.03. The van der Waals surface area contributed by atoms with Crippen LogP contribution in [0.25, 0.3) is 0 Å². The van der Waals surface area contributed by atoms with Crippen molar-refractivity contribution in [1.82, 2.24) is 0 Å². The first-order valence-corrected chi connectivity index (χ1v) is 12.7. The van der Waals surface area contributed by atoms with Gasteiger partial charge in [-0.3, -0.25) is 4.79 Å². The number of aliphatic hydroxyl groups is 1. The summed E-state index contributed by atoms with van der Waals surface area (Å²) in [5, 5.41) is 41.2. The number of Topliss-reactive ketones (excluding diaryl/α,β-unsaturated/α-hetero) is 1. The first-order chi connectivity index (χ1) is 17.9. The number of phenolic OH excluding ortho intramolecular Hbond substituents is 3. The summed E-state index contributed by atoms with van der Waals surface area (Å²) >= 11 is 0. The molecule has 1 heterocycles. The molecule has 4 N–H and O–H groups in total. The molecule has 0 aliphatic carbocycles. The Morgan fingerprint density at radius 1 is 1.00 bits per heavy atom. The summed E-state index contributed by atoms with van der Waals surface area (Å²) in [4.78, 5) is 13.4. The maximum absolute atomic E-state index is 13.4. The van der Waals surface area contributed by atoms with Crippen LogP contribution in [0.5, 0.6) is 28.7 Å². The van der Waals surface area contributed by atoms with Crippen LogP contribution in [0.1, 0.15) is 41.5 Å². The molecular weight excluding hydrogens is 472 g/mol. The lowest BCUT2D eigenvalue weighted by molar-refractivity contribution is -0.126. The molecule has 3 aromatic carbocycles. The normalized spacial score (nSPS) is 14.3. The SMILES string of the molecule is COc1cc(CCC(=O)C(Cc2ccccc2)C(O)CCc2ccc(O)c3c2CCCO3)cc(O)c1O. The maximum Gasteiger partial charge on any atom is 0.200 e. The fourth-order valence-corrected chi connectivity index (χ4v) is 4.99. The fourth-order valence-electron chi connectivity index (χ4n) is 4.99. The van der Waals surface area contributed by atoms with E-state index in [1.165, 1.54) is 13.2 Å². The zero-order valence-electron chi connectivity index (χ0n) is 21.0. The number of ether oxygens (including phenoxy) is 2. The Labute approximate surface area is 216 Å². The summed E-state index contributed by atoms with van der Waals surface area (Å²) in [5.41, 5.74) is 3.62. The Balaban J connectivity index is 1.48. The van der Waals surface area contributed by atoms with Crippen molar-refractivity contribution < 1.29 is 34.7 Å². The average molecular weight is 507 g/mol. The summed E-state index contributed by atoms with van der Waals surface area (Å²) < 4.78 is 10.8. The van der Waals surface area contributed by atoms with Crippen LogP contribution in [-0.4, -0.2) is 46.0 Å². The summed E-state index contributed by atoms with van der Waals surface area (Å²) in [6.45, 7) is 0.574. The highest BCUT2D eigenvalue weighted by Gasteiger charge is 2.28. The minimum absolute atomic E-state index is 0.0704. The van der Waals surface area contributed by atoms with E-state index >= 15 is 0 Å². The van der Waals surface area contributed by atoms with Crippen molar-refractivity contribution in [3.8, 4) is 28.7 Å². The third kappa shape index (κ3) is 6.35. The molecule has 0 radical (unpaired) electrons. The van der Waals surface area contributed by atoms with Crippen LogP contribution < -0.4 is 9.47 Å². The van der Waals surface area contributed by atoms with Gasteiger partial charge in [0.25, 0.3) is 0 Å². The highest BCUT2D eigenvalue weighted by atomic mass is 16.5. The van der Waals surface area contributed by atoms with Crippen LogP contribution in [0.4, 0.5) is 0 Å². The molecule has 1 aliphatic heterocycles. The van der Waals surface area contributed by atoms with Crippen molar-refractivity contribution in [1.29, 1.82) is 0 Å². The van der Waals surface area contributed by atoms with Gasteiger partial charge >= 0.3 is 0 Å². The van der Waals surface area contributed by atoms with E-state index in [1.807, 2.05) is 36.4 Å². The molecule has 0 saturated carbocycles. The first kappa shape index (κ1) is 26.4. The zero-order valence-corrected chi connectivity index (χ0v) is 21.0. The highest BCUT2D eigenvalue weighted by molar-refractivity contribution is 5.82. The van der Waals surface area contributed by atoms with Gasteiger partial charge in [-0.05, 0) is 73.4 Å². The topological polar surface area (TPSA) is 116 Å². The van der Waals surface area contributed by atoms with Crippen molar-refractivity contribution in [2.75, 3.05) is 13.7 Å². The number of fused-ring (bicyclic) bond motifs is 1. The molecule has 37 heavy (non-hydrogen) atoms. The van der Waals surface area contributed by atoms with Gasteiger partial charge in [0.1, 0.15) is 5.78 Å². The standard InChI is InChI=1S/C30H34O7/c1-36-28-18-20(17-27(34)29(28)35)9-12-24(31)23(16-19-6-3-2-4-7-19)25(32)13-10-21-11-14-26(33)30-22(21)8-5-15-37-30/h2-4,6-7,11,14,17-18,23,25,32-35H,5,8-10,12-13,15-16H2,1H3. The van der Waals surface area contributed by atoms with Crippen molar-refractivity contribution in [3.63, 3.8) is 0 Å². The number of aryl methyl sites for hydroxylation is 2. The molecule has 7 heteroatoms. The lowest BCUT2D eigenvalue weighted by atomic mass is 9.84. The van der Waals surface area contributed by atoms with E-state index in [0.29, 0.717) is 43.6 Å². The molecular formula is C30H34O7. The Hall–Kier alpha value is -3.71. The van der Waals surface area contributed by atoms with Crippen LogP contribution in [0, 0.1) is 5.92 Å². The molecule has 0 aromatic heterocycles. The van der Waals surface area contributed by atoms with E-state index in [0.717, 1.165) is 29.5 Å². The van der Waals surface area contributed by atoms with E-state index in [9.17, 15) is 25.2 Å². The van der Waals surface area contributed by atoms with Crippen molar-refractivity contribution in [2.24, 2.45) is 5.92 Å². The summed E-state index contributed by atoms with van der Waals surface area (Å²) in [6.07, 6.45) is 2.71. The van der Waals surface area contributed by atoms with Gasteiger partial charge in [0.05, 0.1) is 19.8 Å². The Morgan fingerprint density at radius 3 is 2.54 bits per heavy atom. The first-order valence-electron chi connectivity index (χ1n) is 12.7. The van der Waals surface area contributed by atoms with Gasteiger partial charge in [0.15, 0.2) is 23.0 Å². The lowest BCUT2D eigenvalue weighted by Crippen LogP contribution is -2.31. The summed E-state index contributed by atoms with van der Waals surface area (Å²) in [6, 6.07) is 16.2.